The zero-order valence-corrected chi connectivity index (χ0v) is 12.0. The predicted molar refractivity (Wildman–Crippen MR) is 85.5 cm³/mol. The number of anilines is 1. The quantitative estimate of drug-likeness (QED) is 0.685. The van der Waals surface area contributed by atoms with Gasteiger partial charge in [-0.2, -0.15) is 0 Å². The minimum Gasteiger partial charge on any atom is -0.496 e. The summed E-state index contributed by atoms with van der Waals surface area (Å²) >= 11 is 0. The first-order chi connectivity index (χ1) is 10.7. The molecule has 22 heavy (non-hydrogen) atoms. The van der Waals surface area contributed by atoms with Gasteiger partial charge < -0.3 is 10.1 Å². The molecule has 1 heterocycles. The summed E-state index contributed by atoms with van der Waals surface area (Å²) in [5, 5.41) is 8.56. The maximum atomic E-state index is 12.0. The zero-order valence-electron chi connectivity index (χ0n) is 12.0. The Balaban J connectivity index is 2.00. The summed E-state index contributed by atoms with van der Waals surface area (Å²) in [4.78, 5) is 23.8. The van der Waals surface area contributed by atoms with E-state index >= 15 is 0 Å². The van der Waals surface area contributed by atoms with Crippen molar-refractivity contribution in [3.05, 3.63) is 68.7 Å². The predicted octanol–water partition coefficient (Wildman–Crippen LogP) is 1.84. The van der Waals surface area contributed by atoms with Crippen LogP contribution >= 0.6 is 0 Å². The SMILES string of the molecule is COc1ccccc1CNc1cccc2c(=O)[nH][nH]c(=O)c12. The highest BCUT2D eigenvalue weighted by molar-refractivity contribution is 5.92. The summed E-state index contributed by atoms with van der Waals surface area (Å²) in [5.74, 6) is 0.766. The van der Waals surface area contributed by atoms with E-state index in [2.05, 4.69) is 15.5 Å². The van der Waals surface area contributed by atoms with Crippen molar-refractivity contribution in [2.75, 3.05) is 12.4 Å². The molecule has 6 heteroatoms. The van der Waals surface area contributed by atoms with Gasteiger partial charge in [0.05, 0.1) is 17.9 Å². The van der Waals surface area contributed by atoms with Crippen LogP contribution in [0.4, 0.5) is 5.69 Å². The lowest BCUT2D eigenvalue weighted by Gasteiger charge is -2.11. The molecule has 2 aromatic carbocycles. The molecule has 1 aromatic heterocycles. The standard InChI is InChI=1S/C16H15N3O3/c1-22-13-8-3-2-5-10(13)9-17-12-7-4-6-11-14(12)16(21)19-18-15(11)20/h2-8,17H,9H2,1H3,(H,18,20)(H,19,21). The molecular weight excluding hydrogens is 282 g/mol. The van der Waals surface area contributed by atoms with Gasteiger partial charge in [-0.15, -0.1) is 0 Å². The van der Waals surface area contributed by atoms with Crippen molar-refractivity contribution >= 4 is 16.5 Å². The first-order valence-corrected chi connectivity index (χ1v) is 6.80. The number of hydrogen-bond acceptors (Lipinski definition) is 4. The first kappa shape index (κ1) is 13.9. The van der Waals surface area contributed by atoms with Crippen molar-refractivity contribution in [2.24, 2.45) is 0 Å². The number of benzene rings is 2. The van der Waals surface area contributed by atoms with Crippen LogP contribution in [-0.4, -0.2) is 17.3 Å². The molecule has 112 valence electrons. The number of para-hydroxylation sites is 1. The van der Waals surface area contributed by atoms with Crippen molar-refractivity contribution in [3.8, 4) is 5.75 Å². The average molecular weight is 297 g/mol. The first-order valence-electron chi connectivity index (χ1n) is 6.80. The second kappa shape index (κ2) is 5.77. The van der Waals surface area contributed by atoms with Crippen LogP contribution in [0.1, 0.15) is 5.56 Å². The molecule has 0 aliphatic heterocycles. The summed E-state index contributed by atoms with van der Waals surface area (Å²) < 4.78 is 5.30. The van der Waals surface area contributed by atoms with E-state index in [9.17, 15) is 9.59 Å². The minimum atomic E-state index is -0.335. The van der Waals surface area contributed by atoms with E-state index in [0.29, 0.717) is 23.0 Å². The fourth-order valence-corrected chi connectivity index (χ4v) is 2.42. The number of ether oxygens (including phenoxy) is 1. The molecule has 3 aromatic rings. The lowest BCUT2D eigenvalue weighted by atomic mass is 10.1. The van der Waals surface area contributed by atoms with Crippen LogP contribution in [0.25, 0.3) is 10.8 Å². The highest BCUT2D eigenvalue weighted by Gasteiger charge is 2.08. The number of methoxy groups -OCH3 is 1. The van der Waals surface area contributed by atoms with Gasteiger partial charge in [0.1, 0.15) is 5.75 Å². The lowest BCUT2D eigenvalue weighted by molar-refractivity contribution is 0.410. The molecule has 0 aliphatic carbocycles. The number of H-pyrrole nitrogens is 2. The summed E-state index contributed by atoms with van der Waals surface area (Å²) in [6, 6.07) is 12.8. The Hall–Kier alpha value is -3.02. The Morgan fingerprint density at radius 1 is 1.00 bits per heavy atom. The van der Waals surface area contributed by atoms with Gasteiger partial charge in [0, 0.05) is 17.8 Å². The molecule has 0 spiro atoms. The fraction of sp³-hybridized carbons (Fsp3) is 0.125. The molecule has 0 aliphatic rings. The van der Waals surface area contributed by atoms with Crippen molar-refractivity contribution in [1.29, 1.82) is 0 Å². The number of aromatic nitrogens is 2. The van der Waals surface area contributed by atoms with E-state index in [1.54, 1.807) is 25.3 Å². The third-order valence-corrected chi connectivity index (χ3v) is 3.49. The molecular formula is C16H15N3O3. The van der Waals surface area contributed by atoms with Gasteiger partial charge in [-0.1, -0.05) is 24.3 Å². The monoisotopic (exact) mass is 297 g/mol. The van der Waals surface area contributed by atoms with Crippen molar-refractivity contribution in [3.63, 3.8) is 0 Å². The highest BCUT2D eigenvalue weighted by atomic mass is 16.5. The second-order valence-corrected chi connectivity index (χ2v) is 4.80. The summed E-state index contributed by atoms with van der Waals surface area (Å²) in [7, 11) is 1.61. The molecule has 0 fully saturated rings. The average Bonchev–Trinajstić information content (AvgIpc) is 2.56. The van der Waals surface area contributed by atoms with Crippen molar-refractivity contribution in [1.82, 2.24) is 10.2 Å². The second-order valence-electron chi connectivity index (χ2n) is 4.80. The number of aromatic amines is 2. The highest BCUT2D eigenvalue weighted by Crippen LogP contribution is 2.21. The summed E-state index contributed by atoms with van der Waals surface area (Å²) in [5.41, 5.74) is 0.910. The van der Waals surface area contributed by atoms with Gasteiger partial charge in [-0.3, -0.25) is 19.8 Å². The fourth-order valence-electron chi connectivity index (χ4n) is 2.42. The molecule has 0 saturated heterocycles. The topological polar surface area (TPSA) is 87.0 Å². The summed E-state index contributed by atoms with van der Waals surface area (Å²) in [6.45, 7) is 0.482. The Morgan fingerprint density at radius 3 is 2.59 bits per heavy atom. The van der Waals surface area contributed by atoms with Crippen molar-refractivity contribution < 1.29 is 4.74 Å². The number of hydrogen-bond donors (Lipinski definition) is 3. The third-order valence-electron chi connectivity index (χ3n) is 3.49. The smallest absolute Gasteiger partial charge is 0.272 e. The van der Waals surface area contributed by atoms with E-state index in [1.165, 1.54) is 0 Å². The van der Waals surface area contributed by atoms with Crippen LogP contribution in [0.15, 0.2) is 52.1 Å². The van der Waals surface area contributed by atoms with Gasteiger partial charge in [-0.05, 0) is 18.2 Å². The Bertz CT molecular complexity index is 928. The van der Waals surface area contributed by atoms with Crippen LogP contribution in [0.2, 0.25) is 0 Å². The molecule has 0 radical (unpaired) electrons. The maximum Gasteiger partial charge on any atom is 0.272 e. The van der Waals surface area contributed by atoms with Gasteiger partial charge in [0.2, 0.25) is 0 Å². The molecule has 0 amide bonds. The van der Waals surface area contributed by atoms with Crippen LogP contribution in [0, 0.1) is 0 Å². The van der Waals surface area contributed by atoms with E-state index in [-0.39, 0.29) is 11.1 Å². The molecule has 3 rings (SSSR count). The Morgan fingerprint density at radius 2 is 1.77 bits per heavy atom. The molecule has 0 saturated carbocycles. The molecule has 0 atom stereocenters. The van der Waals surface area contributed by atoms with Crippen molar-refractivity contribution in [2.45, 2.75) is 6.54 Å². The van der Waals surface area contributed by atoms with Crippen LogP contribution in [0.5, 0.6) is 5.75 Å². The van der Waals surface area contributed by atoms with Gasteiger partial charge in [0.15, 0.2) is 0 Å². The molecule has 3 N–H and O–H groups in total. The van der Waals surface area contributed by atoms with E-state index in [0.717, 1.165) is 11.3 Å². The van der Waals surface area contributed by atoms with E-state index < -0.39 is 0 Å². The number of nitrogens with one attached hydrogen (secondary N) is 3. The van der Waals surface area contributed by atoms with E-state index in [4.69, 9.17) is 4.74 Å². The molecule has 0 unspecified atom stereocenters. The van der Waals surface area contributed by atoms with Crippen LogP contribution < -0.4 is 21.2 Å². The largest absolute Gasteiger partial charge is 0.496 e. The van der Waals surface area contributed by atoms with Gasteiger partial charge in [0.25, 0.3) is 11.1 Å². The Kier molecular flexibility index (Phi) is 3.65. The maximum absolute atomic E-state index is 12.0. The van der Waals surface area contributed by atoms with Gasteiger partial charge in [-0.25, -0.2) is 0 Å². The zero-order chi connectivity index (χ0) is 15.5. The number of fused-ring (bicyclic) bond motifs is 1. The molecule has 0 bridgehead atoms. The van der Waals surface area contributed by atoms with Gasteiger partial charge >= 0.3 is 0 Å². The lowest BCUT2D eigenvalue weighted by Crippen LogP contribution is -2.20. The Labute approximate surface area is 125 Å². The number of rotatable bonds is 4. The normalized spacial score (nSPS) is 10.6. The third kappa shape index (κ3) is 2.46. The van der Waals surface area contributed by atoms with Crippen LogP contribution in [0.3, 0.4) is 0 Å². The van der Waals surface area contributed by atoms with Crippen LogP contribution in [-0.2, 0) is 6.54 Å². The minimum absolute atomic E-state index is 0.324. The summed E-state index contributed by atoms with van der Waals surface area (Å²) in [6.07, 6.45) is 0. The van der Waals surface area contributed by atoms with E-state index in [1.807, 2.05) is 24.3 Å². The molecule has 6 nitrogen and oxygen atoms in total.